The summed E-state index contributed by atoms with van der Waals surface area (Å²) >= 11 is 0. The van der Waals surface area contributed by atoms with Crippen molar-refractivity contribution in [2.24, 2.45) is 11.8 Å². The summed E-state index contributed by atoms with van der Waals surface area (Å²) in [5, 5.41) is 0. The average molecular weight is 193 g/mol. The molecule has 0 radical (unpaired) electrons. The lowest BCUT2D eigenvalue weighted by molar-refractivity contribution is 0.221. The molecule has 2 unspecified atom stereocenters. The summed E-state index contributed by atoms with van der Waals surface area (Å²) in [6.45, 7) is 4.67. The number of hydrogen-bond donors (Lipinski definition) is 1. The normalized spacial score (nSPS) is 33.1. The number of aromatic nitrogens is 2. The summed E-state index contributed by atoms with van der Waals surface area (Å²) in [5.41, 5.74) is 5.62. The zero-order valence-corrected chi connectivity index (χ0v) is 8.98. The monoisotopic (exact) mass is 193 g/mol. The van der Waals surface area contributed by atoms with Crippen LogP contribution in [0.1, 0.15) is 39.2 Å². The van der Waals surface area contributed by atoms with E-state index in [9.17, 15) is 0 Å². The minimum Gasteiger partial charge on any atom is -0.382 e. The molecule has 0 aromatic carbocycles. The fourth-order valence-electron chi connectivity index (χ4n) is 2.70. The fourth-order valence-corrected chi connectivity index (χ4v) is 2.70. The van der Waals surface area contributed by atoms with Crippen molar-refractivity contribution in [2.45, 2.75) is 39.2 Å². The molecule has 1 aliphatic rings. The molecule has 2 rings (SSSR count). The Morgan fingerprint density at radius 2 is 1.93 bits per heavy atom. The summed E-state index contributed by atoms with van der Waals surface area (Å²) in [6, 6.07) is 0.610. The van der Waals surface area contributed by atoms with E-state index in [1.165, 1.54) is 19.3 Å². The Hall–Kier alpha value is -0.990. The van der Waals surface area contributed by atoms with Gasteiger partial charge in [0.25, 0.3) is 0 Å². The smallest absolute Gasteiger partial charge is 0.141 e. The summed E-state index contributed by atoms with van der Waals surface area (Å²) < 4.78 is 2.18. The molecule has 1 fully saturated rings. The lowest BCUT2D eigenvalue weighted by atomic mass is 9.80. The first-order valence-corrected chi connectivity index (χ1v) is 5.44. The van der Waals surface area contributed by atoms with E-state index >= 15 is 0 Å². The fraction of sp³-hybridized carbons (Fsp3) is 0.727. The highest BCUT2D eigenvalue weighted by molar-refractivity contribution is 5.22. The third-order valence-electron chi connectivity index (χ3n) is 3.20. The molecule has 1 saturated carbocycles. The molecule has 0 saturated heterocycles. The first-order chi connectivity index (χ1) is 6.65. The Morgan fingerprint density at radius 1 is 1.29 bits per heavy atom. The van der Waals surface area contributed by atoms with E-state index in [2.05, 4.69) is 23.4 Å². The van der Waals surface area contributed by atoms with Gasteiger partial charge in [-0.1, -0.05) is 13.8 Å². The van der Waals surface area contributed by atoms with Gasteiger partial charge < -0.3 is 10.3 Å². The number of imidazole rings is 1. The molecule has 1 heterocycles. The molecule has 78 valence electrons. The van der Waals surface area contributed by atoms with E-state index in [1.54, 1.807) is 0 Å². The van der Waals surface area contributed by atoms with Crippen LogP contribution in [0, 0.1) is 11.8 Å². The zero-order chi connectivity index (χ0) is 10.1. The zero-order valence-electron chi connectivity index (χ0n) is 8.98. The number of rotatable bonds is 1. The van der Waals surface area contributed by atoms with Crippen molar-refractivity contribution in [3.05, 3.63) is 12.5 Å². The van der Waals surface area contributed by atoms with Crippen LogP contribution in [0.3, 0.4) is 0 Å². The van der Waals surface area contributed by atoms with Crippen LogP contribution in [-0.2, 0) is 0 Å². The highest BCUT2D eigenvalue weighted by Crippen LogP contribution is 2.35. The molecule has 1 aromatic rings. The van der Waals surface area contributed by atoms with Gasteiger partial charge in [-0.3, -0.25) is 0 Å². The molecule has 1 aromatic heterocycles. The van der Waals surface area contributed by atoms with Crippen molar-refractivity contribution in [3.63, 3.8) is 0 Å². The van der Waals surface area contributed by atoms with Gasteiger partial charge in [-0.15, -0.1) is 0 Å². The first-order valence-electron chi connectivity index (χ1n) is 5.44. The van der Waals surface area contributed by atoms with Crippen LogP contribution < -0.4 is 5.73 Å². The van der Waals surface area contributed by atoms with Gasteiger partial charge in [0, 0.05) is 12.2 Å². The van der Waals surface area contributed by atoms with E-state index < -0.39 is 0 Å². The van der Waals surface area contributed by atoms with Gasteiger partial charge in [0.1, 0.15) is 5.82 Å². The van der Waals surface area contributed by atoms with E-state index in [0.29, 0.717) is 11.9 Å². The highest BCUT2D eigenvalue weighted by atomic mass is 15.1. The van der Waals surface area contributed by atoms with Crippen LogP contribution in [0.5, 0.6) is 0 Å². The third kappa shape index (κ3) is 1.91. The second-order valence-electron chi connectivity index (χ2n) is 4.82. The molecule has 1 aliphatic carbocycles. The first kappa shape index (κ1) is 9.56. The number of hydrogen-bond acceptors (Lipinski definition) is 2. The second-order valence-corrected chi connectivity index (χ2v) is 4.82. The molecule has 0 bridgehead atoms. The summed E-state index contributed by atoms with van der Waals surface area (Å²) in [7, 11) is 0. The maximum atomic E-state index is 5.62. The number of nitrogens with two attached hydrogens (primary N) is 1. The van der Waals surface area contributed by atoms with Crippen LogP contribution in [0.25, 0.3) is 0 Å². The Labute approximate surface area is 85.3 Å². The van der Waals surface area contributed by atoms with Crippen molar-refractivity contribution < 1.29 is 0 Å². The van der Waals surface area contributed by atoms with E-state index in [1.807, 2.05) is 12.5 Å². The molecular formula is C11H19N3. The van der Waals surface area contributed by atoms with Crippen LogP contribution >= 0.6 is 0 Å². The SMILES string of the molecule is CC1CC(C)CC(n2cnc(N)c2)C1. The molecule has 0 aliphatic heterocycles. The Balaban J connectivity index is 2.10. The molecule has 2 N–H and O–H groups in total. The number of nitrogens with zero attached hydrogens (tertiary/aromatic N) is 2. The molecule has 3 nitrogen and oxygen atoms in total. The van der Waals surface area contributed by atoms with Crippen molar-refractivity contribution in [2.75, 3.05) is 5.73 Å². The predicted octanol–water partition coefficient (Wildman–Crippen LogP) is 2.46. The van der Waals surface area contributed by atoms with Gasteiger partial charge in [-0.05, 0) is 31.1 Å². The van der Waals surface area contributed by atoms with Gasteiger partial charge >= 0.3 is 0 Å². The van der Waals surface area contributed by atoms with Crippen LogP contribution in [-0.4, -0.2) is 9.55 Å². The van der Waals surface area contributed by atoms with Crippen LogP contribution in [0.2, 0.25) is 0 Å². The van der Waals surface area contributed by atoms with E-state index in [-0.39, 0.29) is 0 Å². The highest BCUT2D eigenvalue weighted by Gasteiger charge is 2.24. The number of anilines is 1. The number of nitrogen functional groups attached to an aromatic ring is 1. The van der Waals surface area contributed by atoms with Gasteiger partial charge in [0.2, 0.25) is 0 Å². The predicted molar refractivity (Wildman–Crippen MR) is 57.9 cm³/mol. The minimum atomic E-state index is 0.610. The van der Waals surface area contributed by atoms with Gasteiger partial charge in [-0.2, -0.15) is 0 Å². The topological polar surface area (TPSA) is 43.8 Å². The van der Waals surface area contributed by atoms with Crippen LogP contribution in [0.4, 0.5) is 5.82 Å². The van der Waals surface area contributed by atoms with Crippen molar-refractivity contribution in [3.8, 4) is 0 Å². The largest absolute Gasteiger partial charge is 0.382 e. The molecule has 14 heavy (non-hydrogen) atoms. The quantitative estimate of drug-likeness (QED) is 0.744. The third-order valence-corrected chi connectivity index (χ3v) is 3.20. The van der Waals surface area contributed by atoms with Gasteiger partial charge in [0.05, 0.1) is 6.33 Å². The lowest BCUT2D eigenvalue weighted by Gasteiger charge is -2.32. The summed E-state index contributed by atoms with van der Waals surface area (Å²) in [4.78, 5) is 4.08. The minimum absolute atomic E-state index is 0.610. The molecule has 3 heteroatoms. The Bertz CT molecular complexity index is 295. The Morgan fingerprint density at radius 3 is 2.43 bits per heavy atom. The van der Waals surface area contributed by atoms with Gasteiger partial charge in [-0.25, -0.2) is 4.98 Å². The Kier molecular flexibility index (Phi) is 2.48. The van der Waals surface area contributed by atoms with Crippen molar-refractivity contribution in [1.29, 1.82) is 0 Å². The second kappa shape index (κ2) is 3.64. The maximum Gasteiger partial charge on any atom is 0.141 e. The van der Waals surface area contributed by atoms with Crippen LogP contribution in [0.15, 0.2) is 12.5 Å². The lowest BCUT2D eigenvalue weighted by Crippen LogP contribution is -2.21. The van der Waals surface area contributed by atoms with E-state index in [0.717, 1.165) is 11.8 Å². The molecule has 0 amide bonds. The summed E-state index contributed by atoms with van der Waals surface area (Å²) in [6.07, 6.45) is 7.71. The molecular weight excluding hydrogens is 174 g/mol. The molecule has 0 spiro atoms. The van der Waals surface area contributed by atoms with Crippen molar-refractivity contribution in [1.82, 2.24) is 9.55 Å². The standard InChI is InChI=1S/C11H19N3/c1-8-3-9(2)5-10(4-8)14-6-11(12)13-7-14/h6-10H,3-5,12H2,1-2H3. The molecule has 2 atom stereocenters. The summed E-state index contributed by atoms with van der Waals surface area (Å²) in [5.74, 6) is 2.29. The average Bonchev–Trinajstić information content (AvgIpc) is 2.50. The van der Waals surface area contributed by atoms with Crippen molar-refractivity contribution >= 4 is 5.82 Å². The van der Waals surface area contributed by atoms with E-state index in [4.69, 9.17) is 5.73 Å². The van der Waals surface area contributed by atoms with Gasteiger partial charge in [0.15, 0.2) is 0 Å². The maximum absolute atomic E-state index is 5.62.